The van der Waals surface area contributed by atoms with Crippen LogP contribution in [0.2, 0.25) is 0 Å². The van der Waals surface area contributed by atoms with Crippen molar-refractivity contribution in [3.63, 3.8) is 0 Å². The van der Waals surface area contributed by atoms with E-state index in [-0.39, 0.29) is 30.4 Å². The van der Waals surface area contributed by atoms with Gasteiger partial charge >= 0.3 is 5.97 Å². The number of Topliss-reactive ketones (excluding diaryl/α,β-unsaturated/α-hetero) is 1. The van der Waals surface area contributed by atoms with Crippen molar-refractivity contribution >= 4 is 33.6 Å². The molecule has 130 valence electrons. The van der Waals surface area contributed by atoms with Gasteiger partial charge in [0.25, 0.3) is 0 Å². The molecule has 0 saturated carbocycles. The van der Waals surface area contributed by atoms with Crippen LogP contribution in [0.5, 0.6) is 5.75 Å². The fourth-order valence-electron chi connectivity index (χ4n) is 2.79. The lowest BCUT2D eigenvalue weighted by atomic mass is 9.96. The number of nitrogens with zero attached hydrogens (tertiary/aromatic N) is 1. The van der Waals surface area contributed by atoms with Gasteiger partial charge in [-0.25, -0.2) is 0 Å². The summed E-state index contributed by atoms with van der Waals surface area (Å²) in [5.41, 5.74) is 0.448. The predicted molar refractivity (Wildman–Crippen MR) is 91.2 cm³/mol. The number of methoxy groups -OCH3 is 1. The molecule has 1 saturated heterocycles. The number of benzene rings is 1. The van der Waals surface area contributed by atoms with Crippen LogP contribution in [0.25, 0.3) is 0 Å². The van der Waals surface area contributed by atoms with Crippen LogP contribution in [0.3, 0.4) is 0 Å². The average molecular weight is 398 g/mol. The third-order valence-corrected chi connectivity index (χ3v) is 4.72. The monoisotopic (exact) mass is 397 g/mol. The summed E-state index contributed by atoms with van der Waals surface area (Å²) in [6.45, 7) is 0.869. The summed E-state index contributed by atoms with van der Waals surface area (Å²) in [4.78, 5) is 37.1. The van der Waals surface area contributed by atoms with Gasteiger partial charge in [0.1, 0.15) is 5.75 Å². The second kappa shape index (κ2) is 8.28. The molecule has 1 aliphatic heterocycles. The molecule has 0 aromatic heterocycles. The number of carboxylic acid groups (broad SMARTS) is 1. The quantitative estimate of drug-likeness (QED) is 0.745. The zero-order chi connectivity index (χ0) is 17.7. The van der Waals surface area contributed by atoms with Crippen molar-refractivity contribution in [2.75, 3.05) is 20.2 Å². The van der Waals surface area contributed by atoms with Gasteiger partial charge in [-0.05, 0) is 31.0 Å². The van der Waals surface area contributed by atoms with Crippen molar-refractivity contribution in [3.05, 3.63) is 28.2 Å². The number of carboxylic acids is 1. The Bertz CT molecular complexity index is 638. The molecular weight excluding hydrogens is 378 g/mol. The van der Waals surface area contributed by atoms with Crippen molar-refractivity contribution in [2.45, 2.75) is 25.7 Å². The first kappa shape index (κ1) is 18.4. The Hall–Kier alpha value is -1.89. The van der Waals surface area contributed by atoms with Crippen molar-refractivity contribution in [1.82, 2.24) is 4.90 Å². The van der Waals surface area contributed by atoms with E-state index in [1.54, 1.807) is 23.1 Å². The van der Waals surface area contributed by atoms with Gasteiger partial charge in [-0.3, -0.25) is 14.4 Å². The minimum absolute atomic E-state index is 0.102. The van der Waals surface area contributed by atoms with Crippen LogP contribution >= 0.6 is 15.9 Å². The van der Waals surface area contributed by atoms with Crippen molar-refractivity contribution in [1.29, 1.82) is 0 Å². The number of rotatable bonds is 6. The predicted octanol–water partition coefficient (Wildman–Crippen LogP) is 2.74. The summed E-state index contributed by atoms with van der Waals surface area (Å²) in [5, 5.41) is 8.97. The molecule has 24 heavy (non-hydrogen) atoms. The molecule has 0 unspecified atom stereocenters. The Morgan fingerprint density at radius 1 is 1.25 bits per heavy atom. The number of ketones is 1. The molecule has 6 nitrogen and oxygen atoms in total. The summed E-state index contributed by atoms with van der Waals surface area (Å²) in [6, 6.07) is 5.17. The zero-order valence-electron chi connectivity index (χ0n) is 13.5. The van der Waals surface area contributed by atoms with Crippen LogP contribution < -0.4 is 4.74 Å². The highest BCUT2D eigenvalue weighted by atomic mass is 79.9. The minimum atomic E-state index is -0.806. The van der Waals surface area contributed by atoms with Crippen LogP contribution in [0, 0.1) is 5.92 Å². The highest BCUT2D eigenvalue weighted by molar-refractivity contribution is 9.10. The Morgan fingerprint density at radius 3 is 2.50 bits per heavy atom. The third-order valence-electron chi connectivity index (χ3n) is 4.22. The average Bonchev–Trinajstić information content (AvgIpc) is 2.59. The van der Waals surface area contributed by atoms with Crippen LogP contribution in [0.4, 0.5) is 0 Å². The van der Waals surface area contributed by atoms with E-state index < -0.39 is 5.97 Å². The SMILES string of the molecule is COc1ccc(Br)cc1C(=O)CCC(=O)N1CCC(C(=O)O)CC1. The number of halogens is 1. The molecule has 1 aromatic carbocycles. The number of ether oxygens (including phenoxy) is 1. The number of hydrogen-bond donors (Lipinski definition) is 1. The highest BCUT2D eigenvalue weighted by Crippen LogP contribution is 2.25. The maximum absolute atomic E-state index is 12.4. The van der Waals surface area contributed by atoms with Gasteiger partial charge in [0.15, 0.2) is 5.78 Å². The number of aliphatic carboxylic acids is 1. The number of amides is 1. The number of carbonyl (C=O) groups is 3. The smallest absolute Gasteiger partial charge is 0.306 e. The van der Waals surface area contributed by atoms with Gasteiger partial charge in [0, 0.05) is 30.4 Å². The van der Waals surface area contributed by atoms with E-state index >= 15 is 0 Å². The number of piperidine rings is 1. The van der Waals surface area contributed by atoms with Gasteiger partial charge in [-0.15, -0.1) is 0 Å². The largest absolute Gasteiger partial charge is 0.496 e. The van der Waals surface area contributed by atoms with Gasteiger partial charge < -0.3 is 14.7 Å². The lowest BCUT2D eigenvalue weighted by Gasteiger charge is -2.30. The highest BCUT2D eigenvalue weighted by Gasteiger charge is 2.27. The lowest BCUT2D eigenvalue weighted by Crippen LogP contribution is -2.40. The van der Waals surface area contributed by atoms with E-state index in [9.17, 15) is 14.4 Å². The summed E-state index contributed by atoms with van der Waals surface area (Å²) in [6.07, 6.45) is 1.15. The van der Waals surface area contributed by atoms with E-state index in [0.29, 0.717) is 37.2 Å². The Kier molecular flexibility index (Phi) is 6.36. The summed E-state index contributed by atoms with van der Waals surface area (Å²) >= 11 is 3.32. The molecule has 1 aliphatic rings. The van der Waals surface area contributed by atoms with E-state index in [2.05, 4.69) is 15.9 Å². The molecule has 1 aromatic rings. The first-order chi connectivity index (χ1) is 11.4. The molecule has 0 bridgehead atoms. The van der Waals surface area contributed by atoms with Crippen LogP contribution in [-0.2, 0) is 9.59 Å². The fraction of sp³-hybridized carbons (Fsp3) is 0.471. The molecule has 0 spiro atoms. The second-order valence-corrected chi connectivity index (χ2v) is 6.68. The second-order valence-electron chi connectivity index (χ2n) is 5.76. The Balaban J connectivity index is 1.89. The molecule has 1 heterocycles. The Labute approximate surface area is 148 Å². The third kappa shape index (κ3) is 4.56. The molecule has 1 N–H and O–H groups in total. The number of hydrogen-bond acceptors (Lipinski definition) is 4. The zero-order valence-corrected chi connectivity index (χ0v) is 15.0. The summed E-state index contributed by atoms with van der Waals surface area (Å²) in [5.74, 6) is -0.957. The van der Waals surface area contributed by atoms with Crippen molar-refractivity contribution in [3.8, 4) is 5.75 Å². The van der Waals surface area contributed by atoms with Crippen molar-refractivity contribution < 1.29 is 24.2 Å². The lowest BCUT2D eigenvalue weighted by molar-refractivity contribution is -0.145. The molecule has 2 rings (SSSR count). The first-order valence-electron chi connectivity index (χ1n) is 7.79. The van der Waals surface area contributed by atoms with E-state index in [4.69, 9.17) is 9.84 Å². The van der Waals surface area contributed by atoms with Crippen molar-refractivity contribution in [2.24, 2.45) is 5.92 Å². The maximum Gasteiger partial charge on any atom is 0.306 e. The van der Waals surface area contributed by atoms with Crippen LogP contribution in [-0.4, -0.2) is 47.9 Å². The van der Waals surface area contributed by atoms with E-state index in [1.807, 2.05) is 0 Å². The number of carbonyl (C=O) groups excluding carboxylic acids is 2. The first-order valence-corrected chi connectivity index (χ1v) is 8.59. The van der Waals surface area contributed by atoms with Crippen LogP contribution in [0.15, 0.2) is 22.7 Å². The van der Waals surface area contributed by atoms with Gasteiger partial charge in [0.05, 0.1) is 18.6 Å². The van der Waals surface area contributed by atoms with Gasteiger partial charge in [0.2, 0.25) is 5.91 Å². The molecule has 0 atom stereocenters. The van der Waals surface area contributed by atoms with Gasteiger partial charge in [-0.1, -0.05) is 15.9 Å². The summed E-state index contributed by atoms with van der Waals surface area (Å²) < 4.78 is 5.96. The molecule has 1 fully saturated rings. The van der Waals surface area contributed by atoms with E-state index in [0.717, 1.165) is 4.47 Å². The molecule has 1 amide bonds. The number of likely N-dealkylation sites (tertiary alicyclic amines) is 1. The molecule has 0 radical (unpaired) electrons. The van der Waals surface area contributed by atoms with Gasteiger partial charge in [-0.2, -0.15) is 0 Å². The van der Waals surface area contributed by atoms with Crippen LogP contribution in [0.1, 0.15) is 36.0 Å². The summed E-state index contributed by atoms with van der Waals surface area (Å²) in [7, 11) is 1.50. The fourth-order valence-corrected chi connectivity index (χ4v) is 3.15. The normalized spacial score (nSPS) is 15.2. The molecule has 0 aliphatic carbocycles. The molecular formula is C17H20BrNO5. The minimum Gasteiger partial charge on any atom is -0.496 e. The topological polar surface area (TPSA) is 83.9 Å². The standard InChI is InChI=1S/C17H20BrNO5/c1-24-15-4-2-12(18)10-13(15)14(20)3-5-16(21)19-8-6-11(7-9-19)17(22)23/h2,4,10-11H,3,5-9H2,1H3,(H,22,23). The van der Waals surface area contributed by atoms with E-state index in [1.165, 1.54) is 7.11 Å². The maximum atomic E-state index is 12.4. The Morgan fingerprint density at radius 2 is 1.92 bits per heavy atom. The molecule has 7 heteroatoms.